The van der Waals surface area contributed by atoms with Gasteiger partial charge >= 0.3 is 12.0 Å². The van der Waals surface area contributed by atoms with Gasteiger partial charge in [0.1, 0.15) is 11.5 Å². The topological polar surface area (TPSA) is 82.8 Å². The standard InChI is InChI=1S/C16H24N2O4/c1-2-12-8-9-14(22-12)13-6-3-4-11-18(13)16(21)17-10-5-7-15(19)20/h8-9,13H,2-7,10-11H2,1H3,(H,17,21)(H,19,20). The van der Waals surface area contributed by atoms with Crippen molar-refractivity contribution >= 4 is 12.0 Å². The van der Waals surface area contributed by atoms with Crippen LogP contribution in [0.5, 0.6) is 0 Å². The number of nitrogens with one attached hydrogen (secondary N) is 1. The van der Waals surface area contributed by atoms with Gasteiger partial charge in [-0.1, -0.05) is 6.92 Å². The van der Waals surface area contributed by atoms with Crippen molar-refractivity contribution in [1.29, 1.82) is 0 Å². The number of carbonyl (C=O) groups is 2. The van der Waals surface area contributed by atoms with Crippen LogP contribution in [0.2, 0.25) is 0 Å². The van der Waals surface area contributed by atoms with E-state index in [-0.39, 0.29) is 18.5 Å². The molecule has 1 aromatic rings. The fraction of sp³-hybridized carbons (Fsp3) is 0.625. The summed E-state index contributed by atoms with van der Waals surface area (Å²) < 4.78 is 5.81. The third kappa shape index (κ3) is 4.26. The second kappa shape index (κ2) is 7.87. The Labute approximate surface area is 130 Å². The highest BCUT2D eigenvalue weighted by Gasteiger charge is 2.29. The molecule has 22 heavy (non-hydrogen) atoms. The molecule has 1 saturated heterocycles. The van der Waals surface area contributed by atoms with E-state index in [2.05, 4.69) is 5.32 Å². The van der Waals surface area contributed by atoms with Crippen molar-refractivity contribution in [2.24, 2.45) is 0 Å². The lowest BCUT2D eigenvalue weighted by molar-refractivity contribution is -0.137. The molecule has 0 aromatic carbocycles. The number of amides is 2. The molecule has 0 radical (unpaired) electrons. The van der Waals surface area contributed by atoms with E-state index < -0.39 is 5.97 Å². The van der Waals surface area contributed by atoms with E-state index in [1.807, 2.05) is 24.0 Å². The Morgan fingerprint density at radius 3 is 2.91 bits per heavy atom. The summed E-state index contributed by atoms with van der Waals surface area (Å²) in [5.74, 6) is 0.937. The highest BCUT2D eigenvalue weighted by molar-refractivity contribution is 5.75. The zero-order valence-corrected chi connectivity index (χ0v) is 13.0. The summed E-state index contributed by atoms with van der Waals surface area (Å²) in [6, 6.07) is 3.77. The van der Waals surface area contributed by atoms with E-state index >= 15 is 0 Å². The van der Waals surface area contributed by atoms with E-state index in [9.17, 15) is 9.59 Å². The fourth-order valence-corrected chi connectivity index (χ4v) is 2.77. The smallest absolute Gasteiger partial charge is 0.318 e. The van der Waals surface area contributed by atoms with Crippen molar-refractivity contribution in [3.05, 3.63) is 23.7 Å². The average molecular weight is 308 g/mol. The highest BCUT2D eigenvalue weighted by Crippen LogP contribution is 2.32. The summed E-state index contributed by atoms with van der Waals surface area (Å²) in [5, 5.41) is 11.4. The summed E-state index contributed by atoms with van der Waals surface area (Å²) >= 11 is 0. The summed E-state index contributed by atoms with van der Waals surface area (Å²) in [6.07, 6.45) is 4.32. The van der Waals surface area contributed by atoms with Crippen molar-refractivity contribution in [1.82, 2.24) is 10.2 Å². The predicted molar refractivity (Wildman–Crippen MR) is 81.7 cm³/mol. The summed E-state index contributed by atoms with van der Waals surface area (Å²) in [5.41, 5.74) is 0. The molecule has 1 fully saturated rings. The van der Waals surface area contributed by atoms with E-state index in [0.29, 0.717) is 19.5 Å². The molecule has 2 rings (SSSR count). The molecule has 0 spiro atoms. The molecule has 1 aliphatic heterocycles. The Hall–Kier alpha value is -1.98. The Balaban J connectivity index is 1.93. The van der Waals surface area contributed by atoms with Gasteiger partial charge in [0.05, 0.1) is 6.04 Å². The minimum absolute atomic E-state index is 0.0199. The van der Waals surface area contributed by atoms with Crippen LogP contribution in [0.1, 0.15) is 56.6 Å². The van der Waals surface area contributed by atoms with Crippen LogP contribution in [0.3, 0.4) is 0 Å². The zero-order valence-electron chi connectivity index (χ0n) is 13.0. The molecule has 1 atom stereocenters. The van der Waals surface area contributed by atoms with Crippen molar-refractivity contribution < 1.29 is 19.1 Å². The first-order valence-electron chi connectivity index (χ1n) is 7.96. The monoisotopic (exact) mass is 308 g/mol. The SMILES string of the molecule is CCc1ccc(C2CCCCN2C(=O)NCCCC(=O)O)o1. The molecular weight excluding hydrogens is 284 g/mol. The maximum Gasteiger partial charge on any atom is 0.318 e. The van der Waals surface area contributed by atoms with Crippen LogP contribution in [-0.2, 0) is 11.2 Å². The van der Waals surface area contributed by atoms with E-state index in [4.69, 9.17) is 9.52 Å². The van der Waals surface area contributed by atoms with Crippen LogP contribution >= 0.6 is 0 Å². The number of nitrogens with zero attached hydrogens (tertiary/aromatic N) is 1. The Bertz CT molecular complexity index is 512. The van der Waals surface area contributed by atoms with Gasteiger partial charge in [0.2, 0.25) is 0 Å². The van der Waals surface area contributed by atoms with Gasteiger partial charge in [-0.05, 0) is 37.8 Å². The minimum Gasteiger partial charge on any atom is -0.481 e. The number of furan rings is 1. The molecule has 2 heterocycles. The van der Waals surface area contributed by atoms with Crippen LogP contribution in [0, 0.1) is 0 Å². The van der Waals surface area contributed by atoms with E-state index in [1.165, 1.54) is 0 Å². The predicted octanol–water partition coefficient (Wildman–Crippen LogP) is 2.94. The third-order valence-electron chi connectivity index (χ3n) is 3.97. The molecule has 0 aliphatic carbocycles. The molecule has 0 bridgehead atoms. The Kier molecular flexibility index (Phi) is 5.86. The number of piperidine rings is 1. The van der Waals surface area contributed by atoms with Gasteiger partial charge in [0, 0.05) is 25.9 Å². The normalized spacial score (nSPS) is 18.2. The van der Waals surface area contributed by atoms with Crippen molar-refractivity contribution in [3.8, 4) is 0 Å². The lowest BCUT2D eigenvalue weighted by atomic mass is 10.0. The Morgan fingerprint density at radius 2 is 2.23 bits per heavy atom. The van der Waals surface area contributed by atoms with Crippen LogP contribution in [0.4, 0.5) is 4.79 Å². The molecule has 1 unspecified atom stereocenters. The van der Waals surface area contributed by atoms with Crippen molar-refractivity contribution in [3.63, 3.8) is 0 Å². The molecule has 0 saturated carbocycles. The third-order valence-corrected chi connectivity index (χ3v) is 3.97. The molecule has 6 nitrogen and oxygen atoms in total. The second-order valence-electron chi connectivity index (χ2n) is 5.59. The van der Waals surface area contributed by atoms with E-state index in [0.717, 1.165) is 37.2 Å². The molecule has 122 valence electrons. The first-order chi connectivity index (χ1) is 10.6. The van der Waals surface area contributed by atoms with Crippen molar-refractivity contribution in [2.45, 2.75) is 51.5 Å². The largest absolute Gasteiger partial charge is 0.481 e. The number of likely N-dealkylation sites (tertiary alicyclic amines) is 1. The number of aliphatic carboxylic acids is 1. The van der Waals surface area contributed by atoms with Crippen LogP contribution in [0.25, 0.3) is 0 Å². The second-order valence-corrected chi connectivity index (χ2v) is 5.59. The molecular formula is C16H24N2O4. The lowest BCUT2D eigenvalue weighted by Gasteiger charge is -2.34. The maximum absolute atomic E-state index is 12.3. The molecule has 2 amide bonds. The zero-order chi connectivity index (χ0) is 15.9. The fourth-order valence-electron chi connectivity index (χ4n) is 2.77. The highest BCUT2D eigenvalue weighted by atomic mass is 16.4. The van der Waals surface area contributed by atoms with Gasteiger partial charge in [0.15, 0.2) is 0 Å². The van der Waals surface area contributed by atoms with Crippen molar-refractivity contribution in [2.75, 3.05) is 13.1 Å². The Morgan fingerprint density at radius 1 is 1.41 bits per heavy atom. The molecule has 6 heteroatoms. The maximum atomic E-state index is 12.3. The number of hydrogen-bond donors (Lipinski definition) is 2. The minimum atomic E-state index is -0.840. The number of carboxylic acids is 1. The van der Waals surface area contributed by atoms with Crippen LogP contribution < -0.4 is 5.32 Å². The number of aryl methyl sites for hydroxylation is 1. The quantitative estimate of drug-likeness (QED) is 0.792. The summed E-state index contributed by atoms with van der Waals surface area (Å²) in [7, 11) is 0. The average Bonchev–Trinajstić information content (AvgIpc) is 3.00. The first kappa shape index (κ1) is 16.4. The molecule has 2 N–H and O–H groups in total. The number of rotatable bonds is 6. The summed E-state index contributed by atoms with van der Waals surface area (Å²) in [4.78, 5) is 24.6. The van der Waals surface area contributed by atoms with Gasteiger partial charge in [0.25, 0.3) is 0 Å². The van der Waals surface area contributed by atoms with E-state index in [1.54, 1.807) is 0 Å². The number of carboxylic acid groups (broad SMARTS) is 1. The molecule has 1 aromatic heterocycles. The van der Waals surface area contributed by atoms with Gasteiger partial charge in [-0.15, -0.1) is 0 Å². The summed E-state index contributed by atoms with van der Waals surface area (Å²) in [6.45, 7) is 3.13. The number of urea groups is 1. The first-order valence-corrected chi connectivity index (χ1v) is 7.96. The van der Waals surface area contributed by atoms with Crippen LogP contribution in [0.15, 0.2) is 16.5 Å². The number of carbonyl (C=O) groups excluding carboxylic acids is 1. The van der Waals surface area contributed by atoms with Gasteiger partial charge in [-0.3, -0.25) is 4.79 Å². The molecule has 1 aliphatic rings. The van der Waals surface area contributed by atoms with Crippen LogP contribution in [-0.4, -0.2) is 35.1 Å². The van der Waals surface area contributed by atoms with Gasteiger partial charge in [-0.2, -0.15) is 0 Å². The van der Waals surface area contributed by atoms with Gasteiger partial charge in [-0.25, -0.2) is 4.79 Å². The van der Waals surface area contributed by atoms with Gasteiger partial charge < -0.3 is 19.7 Å². The lowest BCUT2D eigenvalue weighted by Crippen LogP contribution is -2.44. The number of hydrogen-bond acceptors (Lipinski definition) is 3.